The molecule has 0 saturated carbocycles. The van der Waals surface area contributed by atoms with Crippen LogP contribution in [0.2, 0.25) is 0 Å². The normalized spacial score (nSPS) is 25.2. The lowest BCUT2D eigenvalue weighted by atomic mass is 10.1. The van der Waals surface area contributed by atoms with Crippen molar-refractivity contribution in [1.29, 1.82) is 0 Å². The number of anilines is 1. The summed E-state index contributed by atoms with van der Waals surface area (Å²) in [4.78, 5) is 53.7. The van der Waals surface area contributed by atoms with Gasteiger partial charge in [0.2, 0.25) is 5.95 Å². The number of rotatable bonds is 6. The third kappa shape index (κ3) is 6.34. The third-order valence-corrected chi connectivity index (χ3v) is 5.72. The van der Waals surface area contributed by atoms with Crippen LogP contribution < -0.4 is 44.4 Å². The molecule has 21 heteroatoms. The van der Waals surface area contributed by atoms with Gasteiger partial charge in [0.15, 0.2) is 17.4 Å². The number of nitrogens with one attached hydrogen (secondary N) is 1. The highest BCUT2D eigenvalue weighted by atomic mass is 31.3. The first-order valence-electron chi connectivity index (χ1n) is 7.31. The lowest BCUT2D eigenvalue weighted by Crippen LogP contribution is -2.34. The minimum Gasteiger partial charge on any atom is -0.790 e. The van der Waals surface area contributed by atoms with E-state index in [0.29, 0.717) is 0 Å². The van der Waals surface area contributed by atoms with Crippen LogP contribution in [0.1, 0.15) is 6.23 Å². The Bertz CT molecular complexity index is 1040. The number of fused-ring (bicyclic) bond motifs is 1. The first-order chi connectivity index (χ1) is 12.9. The molecule has 180 valence electrons. The number of phosphoric ester groups is 1. The van der Waals surface area contributed by atoms with E-state index in [1.807, 2.05) is 0 Å². The zero-order valence-electron chi connectivity index (χ0n) is 16.5. The van der Waals surface area contributed by atoms with E-state index in [1.165, 1.54) is 0 Å². The number of nitrogen functional groups attached to an aromatic ring is 1. The van der Waals surface area contributed by atoms with Gasteiger partial charge in [-0.05, 0) is 0 Å². The average molecular weight is 494 g/mol. The molecular formula is C10H24N8O11P2. The monoisotopic (exact) mass is 494 g/mol. The molecule has 5 atom stereocenters. The number of imidazole rings is 1. The van der Waals surface area contributed by atoms with Crippen molar-refractivity contribution in [3.8, 4) is 0 Å². The molecule has 0 radical (unpaired) electrons. The number of nitrogens with zero attached hydrogens (tertiary/aromatic N) is 3. The number of aromatic amines is 1. The van der Waals surface area contributed by atoms with Gasteiger partial charge in [-0.1, -0.05) is 0 Å². The lowest BCUT2D eigenvalue weighted by Gasteiger charge is -2.35. The molecule has 5 unspecified atom stereocenters. The zero-order valence-corrected chi connectivity index (χ0v) is 18.3. The van der Waals surface area contributed by atoms with Crippen molar-refractivity contribution in [2.24, 2.45) is 0 Å². The van der Waals surface area contributed by atoms with E-state index >= 15 is 0 Å². The minimum absolute atomic E-state index is 0. The van der Waals surface area contributed by atoms with Gasteiger partial charge < -0.3 is 62.9 Å². The predicted molar refractivity (Wildman–Crippen MR) is 98.7 cm³/mol. The highest BCUT2D eigenvalue weighted by Gasteiger charge is 2.45. The lowest BCUT2D eigenvalue weighted by molar-refractivity contribution is -0.339. The van der Waals surface area contributed by atoms with Crippen molar-refractivity contribution in [1.82, 2.24) is 38.0 Å². The molecule has 1 fully saturated rings. The highest BCUT2D eigenvalue weighted by molar-refractivity contribution is 7.58. The van der Waals surface area contributed by atoms with Crippen LogP contribution >= 0.6 is 15.6 Å². The molecule has 3 heterocycles. The van der Waals surface area contributed by atoms with Gasteiger partial charge in [0, 0.05) is 0 Å². The molecule has 0 aromatic carbocycles. The summed E-state index contributed by atoms with van der Waals surface area (Å²) in [7, 11) is -11.4. The number of aliphatic hydroxyl groups excluding tert-OH is 2. The molecule has 0 bridgehead atoms. The molecular weight excluding hydrogens is 470 g/mol. The van der Waals surface area contributed by atoms with Crippen molar-refractivity contribution < 1.29 is 47.6 Å². The fraction of sp³-hybridized carbons (Fsp3) is 0.500. The first-order valence-corrected chi connectivity index (χ1v) is 10.2. The zero-order chi connectivity index (χ0) is 20.9. The number of nitrogens with two attached hydrogens (primary N) is 1. The van der Waals surface area contributed by atoms with E-state index in [4.69, 9.17) is 10.5 Å². The molecule has 2 aromatic heterocycles. The number of phosphoric acid groups is 2. The SMILES string of the molecule is Nc1nc2c(ncn2C2OC(COP(=O)([O-])OP(=O)([O-])[O-])C(O)C2O)c(=O)[nH]1.[NH4+].[NH4+].[NH4+]. The van der Waals surface area contributed by atoms with Crippen LogP contribution in [0.3, 0.4) is 0 Å². The Kier molecular flexibility index (Phi) is 9.59. The first kappa shape index (κ1) is 29.2. The molecule has 1 aliphatic rings. The number of hydrogen-bond acceptors (Lipinski definition) is 14. The van der Waals surface area contributed by atoms with Gasteiger partial charge in [-0.15, -0.1) is 0 Å². The van der Waals surface area contributed by atoms with Gasteiger partial charge in [0.05, 0.1) is 20.8 Å². The van der Waals surface area contributed by atoms with Gasteiger partial charge in [-0.2, -0.15) is 4.98 Å². The molecule has 0 amide bonds. The second-order valence-electron chi connectivity index (χ2n) is 5.59. The molecule has 0 aliphatic carbocycles. The smallest absolute Gasteiger partial charge is 0.280 e. The summed E-state index contributed by atoms with van der Waals surface area (Å²) in [6.07, 6.45) is -5.14. The Morgan fingerprint density at radius 1 is 1.23 bits per heavy atom. The van der Waals surface area contributed by atoms with Gasteiger partial charge in [-0.3, -0.25) is 23.2 Å². The second kappa shape index (κ2) is 10.2. The van der Waals surface area contributed by atoms with Crippen LogP contribution in [0.15, 0.2) is 11.1 Å². The maximum atomic E-state index is 11.8. The molecule has 19 nitrogen and oxygen atoms in total. The maximum absolute atomic E-state index is 11.8. The van der Waals surface area contributed by atoms with Crippen LogP contribution in [-0.2, 0) is 22.7 Å². The van der Waals surface area contributed by atoms with Crippen molar-refractivity contribution >= 4 is 32.8 Å². The van der Waals surface area contributed by atoms with E-state index in [0.717, 1.165) is 10.9 Å². The minimum atomic E-state index is -5.88. The summed E-state index contributed by atoms with van der Waals surface area (Å²) in [6, 6.07) is 0. The summed E-state index contributed by atoms with van der Waals surface area (Å²) in [6.45, 7) is -0.988. The van der Waals surface area contributed by atoms with E-state index in [2.05, 4.69) is 23.8 Å². The van der Waals surface area contributed by atoms with Crippen LogP contribution in [0, 0.1) is 0 Å². The van der Waals surface area contributed by atoms with Gasteiger partial charge in [-0.25, -0.2) is 4.98 Å². The predicted octanol–water partition coefficient (Wildman–Crippen LogP) is -3.22. The Labute approximate surface area is 172 Å². The standard InChI is InChI=1S/C10H15N5O11P2.3H3N/c11-10-13-7-4(8(18)14-10)12-2-15(7)9-6(17)5(16)3(25-9)1-24-28(22,23)26-27(19,20)21;;;/h2-3,5-6,9,16-17H,1H2,(H,22,23)(H2,19,20,21)(H3,11,13,14,18);3*1H3. The summed E-state index contributed by atoms with van der Waals surface area (Å²) < 4.78 is 35.5. The molecule has 31 heavy (non-hydrogen) atoms. The summed E-state index contributed by atoms with van der Waals surface area (Å²) >= 11 is 0. The number of hydrogen-bond donors (Lipinski definition) is 7. The number of quaternary nitrogens is 3. The molecule has 3 rings (SSSR count). The van der Waals surface area contributed by atoms with Crippen LogP contribution in [0.5, 0.6) is 0 Å². The molecule has 1 aliphatic heterocycles. The second-order valence-corrected chi connectivity index (χ2v) is 8.29. The van der Waals surface area contributed by atoms with Crippen LogP contribution in [0.4, 0.5) is 5.95 Å². The summed E-state index contributed by atoms with van der Waals surface area (Å²) in [5, 5.41) is 20.2. The molecule has 1 saturated heterocycles. The quantitative estimate of drug-likeness (QED) is 0.194. The fourth-order valence-electron chi connectivity index (χ4n) is 2.54. The largest absolute Gasteiger partial charge is 0.790 e. The summed E-state index contributed by atoms with van der Waals surface area (Å²) in [5.74, 6) is -0.253. The van der Waals surface area contributed by atoms with Crippen molar-refractivity contribution in [3.63, 3.8) is 0 Å². The number of aromatic nitrogens is 4. The molecule has 17 N–H and O–H groups in total. The average Bonchev–Trinajstić information content (AvgIpc) is 3.06. The topological polar surface area (TPSA) is 371 Å². The Morgan fingerprint density at radius 2 is 1.84 bits per heavy atom. The number of aliphatic hydroxyl groups is 2. The summed E-state index contributed by atoms with van der Waals surface area (Å²) in [5.41, 5.74) is 4.56. The molecule has 0 spiro atoms. The van der Waals surface area contributed by atoms with E-state index in [-0.39, 0.29) is 35.6 Å². The van der Waals surface area contributed by atoms with Gasteiger partial charge >= 0.3 is 0 Å². The van der Waals surface area contributed by atoms with E-state index in [1.54, 1.807) is 0 Å². The molecule has 2 aromatic rings. The Morgan fingerprint density at radius 3 is 2.42 bits per heavy atom. The highest BCUT2D eigenvalue weighted by Crippen LogP contribution is 2.50. The van der Waals surface area contributed by atoms with Gasteiger partial charge in [0.25, 0.3) is 13.4 Å². The fourth-order valence-corrected chi connectivity index (χ4v) is 4.03. The Hall–Kier alpha value is -1.83. The van der Waals surface area contributed by atoms with Crippen molar-refractivity contribution in [3.05, 3.63) is 16.7 Å². The maximum Gasteiger partial charge on any atom is 0.280 e. The van der Waals surface area contributed by atoms with Crippen LogP contribution in [0.25, 0.3) is 11.2 Å². The number of H-pyrrole nitrogens is 1. The van der Waals surface area contributed by atoms with E-state index in [9.17, 15) is 38.8 Å². The van der Waals surface area contributed by atoms with Crippen molar-refractivity contribution in [2.75, 3.05) is 12.3 Å². The van der Waals surface area contributed by atoms with Crippen molar-refractivity contribution in [2.45, 2.75) is 24.5 Å². The number of ether oxygens (including phenoxy) is 1. The third-order valence-electron chi connectivity index (χ3n) is 3.66. The van der Waals surface area contributed by atoms with Gasteiger partial charge in [0.1, 0.15) is 18.3 Å². The van der Waals surface area contributed by atoms with Crippen LogP contribution in [-0.4, -0.2) is 54.7 Å². The Balaban J connectivity index is 0.00000300. The van der Waals surface area contributed by atoms with E-state index < -0.39 is 52.4 Å².